The Labute approximate surface area is 271 Å². The summed E-state index contributed by atoms with van der Waals surface area (Å²) >= 11 is 19.0. The van der Waals surface area contributed by atoms with Crippen LogP contribution in [0.25, 0.3) is 0 Å². The monoisotopic (exact) mass is 676 g/mol. The Bertz CT molecular complexity index is 1770. The van der Waals surface area contributed by atoms with Gasteiger partial charge in [-0.15, -0.1) is 0 Å². The summed E-state index contributed by atoms with van der Waals surface area (Å²) in [7, 11) is -3.79. The van der Waals surface area contributed by atoms with E-state index in [1.807, 2.05) is 38.1 Å². The molecular weight excluding hydrogens is 647 g/mol. The van der Waals surface area contributed by atoms with Gasteiger partial charge >= 0.3 is 6.03 Å². The smallest absolute Gasteiger partial charge is 0.327 e. The highest BCUT2D eigenvalue weighted by Gasteiger charge is 2.60. The molecule has 0 bridgehead atoms. The van der Waals surface area contributed by atoms with Crippen LogP contribution in [0.15, 0.2) is 70.6 Å². The van der Waals surface area contributed by atoms with Gasteiger partial charge in [0, 0.05) is 35.5 Å². The Morgan fingerprint density at radius 1 is 1.00 bits per heavy atom. The molecule has 5 rings (SSSR count). The second kappa shape index (κ2) is 11.9. The van der Waals surface area contributed by atoms with Crippen LogP contribution in [-0.2, 0) is 25.7 Å². The van der Waals surface area contributed by atoms with E-state index in [0.717, 1.165) is 11.8 Å². The standard InChI is InChI=1S/C31H31Cl3N4O5S/c1-5-43-25-17-24(34)26(44(4,41)42)16-23(25)28-36-30(2,19-6-10-21(32)11-7-19)31(3,20-8-12-22(33)13-9-20)38(28)29(40)37-15-14-35-27(39)18-37/h6-13,16-17H,5,14-15,18H2,1-4H3,(H,35,39)/t30-,31+/m0/s1. The SMILES string of the molecule is CCOc1cc(Cl)c(S(C)(=O)=O)cc1C1=N[C@@](C)(c2ccc(Cl)cc2)[C@@](C)(c2ccc(Cl)cc2)N1C(=O)N1CCNC(=O)C1. The average Bonchev–Trinajstić information content (AvgIpc) is 3.21. The fraction of sp³-hybridized carbons (Fsp3) is 0.323. The number of rotatable bonds is 6. The van der Waals surface area contributed by atoms with Crippen molar-refractivity contribution in [3.05, 3.63) is 92.4 Å². The molecule has 0 unspecified atom stereocenters. The van der Waals surface area contributed by atoms with Gasteiger partial charge < -0.3 is 15.0 Å². The number of nitrogens with one attached hydrogen (secondary N) is 1. The molecule has 44 heavy (non-hydrogen) atoms. The van der Waals surface area contributed by atoms with Gasteiger partial charge in [-0.3, -0.25) is 14.7 Å². The predicted octanol–water partition coefficient (Wildman–Crippen LogP) is 5.89. The van der Waals surface area contributed by atoms with E-state index >= 15 is 0 Å². The molecule has 13 heteroatoms. The number of aliphatic imine (C=N–C) groups is 1. The maximum atomic E-state index is 14.7. The van der Waals surface area contributed by atoms with Crippen LogP contribution in [0.4, 0.5) is 4.79 Å². The van der Waals surface area contributed by atoms with Crippen molar-refractivity contribution in [2.45, 2.75) is 36.7 Å². The summed E-state index contributed by atoms with van der Waals surface area (Å²) < 4.78 is 31.6. The Morgan fingerprint density at radius 2 is 1.59 bits per heavy atom. The summed E-state index contributed by atoms with van der Waals surface area (Å²) in [6, 6.07) is 16.6. The molecule has 2 atom stereocenters. The molecular formula is C31H31Cl3N4O5S. The number of urea groups is 1. The zero-order valence-electron chi connectivity index (χ0n) is 24.5. The molecule has 0 radical (unpaired) electrons. The molecule has 3 amide bonds. The zero-order valence-corrected chi connectivity index (χ0v) is 27.6. The lowest BCUT2D eigenvalue weighted by atomic mass is 9.71. The molecule has 0 saturated carbocycles. The van der Waals surface area contributed by atoms with Crippen molar-refractivity contribution in [3.63, 3.8) is 0 Å². The van der Waals surface area contributed by atoms with Crippen LogP contribution in [0.3, 0.4) is 0 Å². The number of amides is 3. The highest BCUT2D eigenvalue weighted by atomic mass is 35.5. The first kappa shape index (κ1) is 32.1. The molecule has 0 aliphatic carbocycles. The number of carbonyl (C=O) groups excluding carboxylic acids is 2. The lowest BCUT2D eigenvalue weighted by Crippen LogP contribution is -2.61. The van der Waals surface area contributed by atoms with Crippen molar-refractivity contribution >= 4 is 62.4 Å². The Hall–Kier alpha value is -3.31. The van der Waals surface area contributed by atoms with Crippen molar-refractivity contribution in [3.8, 4) is 5.75 Å². The van der Waals surface area contributed by atoms with Gasteiger partial charge in [-0.05, 0) is 62.2 Å². The van der Waals surface area contributed by atoms with Gasteiger partial charge in [-0.2, -0.15) is 0 Å². The van der Waals surface area contributed by atoms with Gasteiger partial charge in [-0.1, -0.05) is 59.1 Å². The van der Waals surface area contributed by atoms with Crippen LogP contribution in [0.2, 0.25) is 15.1 Å². The first-order valence-electron chi connectivity index (χ1n) is 13.8. The quantitative estimate of drug-likeness (QED) is 0.350. The molecule has 1 fully saturated rings. The summed E-state index contributed by atoms with van der Waals surface area (Å²) in [6.07, 6.45) is 1.06. The molecule has 0 spiro atoms. The minimum atomic E-state index is -3.79. The van der Waals surface area contributed by atoms with Crippen LogP contribution in [-0.4, -0.2) is 68.5 Å². The Balaban J connectivity index is 1.87. The summed E-state index contributed by atoms with van der Waals surface area (Å²) in [4.78, 5) is 35.3. The summed E-state index contributed by atoms with van der Waals surface area (Å²) in [6.45, 7) is 6.18. The van der Waals surface area contributed by atoms with E-state index in [9.17, 15) is 18.0 Å². The van der Waals surface area contributed by atoms with Gasteiger partial charge in [0.05, 0.1) is 22.1 Å². The third kappa shape index (κ3) is 5.53. The van der Waals surface area contributed by atoms with Gasteiger partial charge in [0.1, 0.15) is 29.2 Å². The fourth-order valence-corrected chi connectivity index (χ4v) is 7.35. The minimum Gasteiger partial charge on any atom is -0.493 e. The summed E-state index contributed by atoms with van der Waals surface area (Å²) in [5, 5.41) is 3.76. The van der Waals surface area contributed by atoms with Gasteiger partial charge in [0.15, 0.2) is 9.84 Å². The number of nitrogens with zero attached hydrogens (tertiary/aromatic N) is 3. The number of sulfone groups is 1. The molecule has 2 heterocycles. The highest BCUT2D eigenvalue weighted by Crippen LogP contribution is 2.54. The van der Waals surface area contributed by atoms with E-state index in [4.69, 9.17) is 44.5 Å². The maximum absolute atomic E-state index is 14.7. The minimum absolute atomic E-state index is 0.0233. The molecule has 3 aromatic carbocycles. The first-order valence-corrected chi connectivity index (χ1v) is 16.9. The van der Waals surface area contributed by atoms with Crippen LogP contribution in [0.1, 0.15) is 37.5 Å². The van der Waals surface area contributed by atoms with Crippen LogP contribution in [0, 0.1) is 0 Å². The molecule has 2 aliphatic heterocycles. The van der Waals surface area contributed by atoms with E-state index in [2.05, 4.69) is 5.32 Å². The van der Waals surface area contributed by atoms with Gasteiger partial charge in [0.2, 0.25) is 5.91 Å². The second-order valence-electron chi connectivity index (χ2n) is 11.0. The van der Waals surface area contributed by atoms with Crippen LogP contribution < -0.4 is 10.1 Å². The number of hydrogen-bond acceptors (Lipinski definition) is 6. The number of benzene rings is 3. The number of ether oxygens (including phenoxy) is 1. The fourth-order valence-electron chi connectivity index (χ4n) is 5.78. The second-order valence-corrected chi connectivity index (χ2v) is 14.2. The number of halogens is 3. The highest BCUT2D eigenvalue weighted by molar-refractivity contribution is 7.90. The first-order chi connectivity index (χ1) is 20.7. The number of amidine groups is 1. The van der Waals surface area contributed by atoms with Crippen molar-refractivity contribution in [2.24, 2.45) is 4.99 Å². The number of hydrogen-bond donors (Lipinski definition) is 1. The number of piperazine rings is 1. The van der Waals surface area contributed by atoms with Crippen LogP contribution >= 0.6 is 34.8 Å². The molecule has 1 saturated heterocycles. The topological polar surface area (TPSA) is 108 Å². The van der Waals surface area contributed by atoms with Crippen molar-refractivity contribution in [1.29, 1.82) is 0 Å². The lowest BCUT2D eigenvalue weighted by Gasteiger charge is -2.47. The largest absolute Gasteiger partial charge is 0.493 e. The van der Waals surface area contributed by atoms with Crippen LogP contribution in [0.5, 0.6) is 5.75 Å². The Kier molecular flexibility index (Phi) is 8.67. The van der Waals surface area contributed by atoms with Crippen molar-refractivity contribution in [1.82, 2.24) is 15.1 Å². The average molecular weight is 678 g/mol. The lowest BCUT2D eigenvalue weighted by molar-refractivity contribution is -0.123. The predicted molar refractivity (Wildman–Crippen MR) is 172 cm³/mol. The molecule has 232 valence electrons. The van der Waals surface area contributed by atoms with Gasteiger partial charge in [0.25, 0.3) is 0 Å². The summed E-state index contributed by atoms with van der Waals surface area (Å²) in [5.41, 5.74) is -0.713. The van der Waals surface area contributed by atoms with E-state index in [-0.39, 0.29) is 59.2 Å². The van der Waals surface area contributed by atoms with E-state index < -0.39 is 26.9 Å². The molecule has 1 N–H and O–H groups in total. The molecule has 9 nitrogen and oxygen atoms in total. The van der Waals surface area contributed by atoms with Crippen molar-refractivity contribution < 1.29 is 22.7 Å². The normalized spacial score (nSPS) is 22.1. The Morgan fingerprint density at radius 3 is 2.14 bits per heavy atom. The third-order valence-electron chi connectivity index (χ3n) is 8.22. The number of carbonyl (C=O) groups is 2. The summed E-state index contributed by atoms with van der Waals surface area (Å²) in [5.74, 6) is 0.106. The third-order valence-corrected chi connectivity index (χ3v) is 10.3. The molecule has 0 aromatic heterocycles. The van der Waals surface area contributed by atoms with Crippen molar-refractivity contribution in [2.75, 3.05) is 32.5 Å². The zero-order chi connectivity index (χ0) is 32.0. The maximum Gasteiger partial charge on any atom is 0.327 e. The molecule has 3 aromatic rings. The van der Waals surface area contributed by atoms with E-state index in [1.54, 1.807) is 31.2 Å². The van der Waals surface area contributed by atoms with E-state index in [1.165, 1.54) is 21.9 Å². The molecule has 2 aliphatic rings. The van der Waals surface area contributed by atoms with E-state index in [0.29, 0.717) is 15.6 Å². The van der Waals surface area contributed by atoms with Gasteiger partial charge in [-0.25, -0.2) is 13.2 Å².